The van der Waals surface area contributed by atoms with Crippen LogP contribution in [0.15, 0.2) is 23.4 Å². The molecular formula is C20H26N6OS. The molecule has 7 nitrogen and oxygen atoms in total. The molecule has 1 saturated carbocycles. The highest BCUT2D eigenvalue weighted by molar-refractivity contribution is 7.13. The number of hydrogen-bond acceptors (Lipinski definition) is 7. The number of fused-ring (bicyclic) bond motifs is 1. The minimum atomic E-state index is -0.166. The highest BCUT2D eigenvalue weighted by atomic mass is 32.1. The summed E-state index contributed by atoms with van der Waals surface area (Å²) in [5.74, 6) is 1.40. The minimum absolute atomic E-state index is 0.122. The number of aryl methyl sites for hydroxylation is 1. The maximum Gasteiger partial charge on any atom is 0.249 e. The summed E-state index contributed by atoms with van der Waals surface area (Å²) in [5.41, 5.74) is 3.71. The van der Waals surface area contributed by atoms with E-state index >= 15 is 0 Å². The molecule has 1 amide bonds. The molecule has 2 aromatic heterocycles. The molecule has 0 bridgehead atoms. The molecule has 148 valence electrons. The van der Waals surface area contributed by atoms with Crippen LogP contribution in [0.4, 0.5) is 17.5 Å². The molecule has 4 rings (SSSR count). The Kier molecular flexibility index (Phi) is 5.30. The third-order valence-corrected chi connectivity index (χ3v) is 6.46. The Hall–Kier alpha value is -2.48. The predicted octanol–water partition coefficient (Wildman–Crippen LogP) is 3.80. The van der Waals surface area contributed by atoms with Crippen molar-refractivity contribution in [3.8, 4) is 0 Å². The average molecular weight is 399 g/mol. The summed E-state index contributed by atoms with van der Waals surface area (Å²) in [6.45, 7) is 4.14. The molecule has 0 radical (unpaired) electrons. The van der Waals surface area contributed by atoms with E-state index in [-0.39, 0.29) is 11.9 Å². The first-order chi connectivity index (χ1) is 13.6. The van der Waals surface area contributed by atoms with E-state index in [1.807, 2.05) is 13.1 Å². The zero-order valence-corrected chi connectivity index (χ0v) is 17.4. The number of hydrogen-bond donors (Lipinski definition) is 1. The van der Waals surface area contributed by atoms with Gasteiger partial charge in [-0.2, -0.15) is 10.1 Å². The number of carbonyl (C=O) groups is 1. The molecule has 1 aliphatic carbocycles. The van der Waals surface area contributed by atoms with E-state index in [9.17, 15) is 4.79 Å². The molecule has 1 atom stereocenters. The topological polar surface area (TPSA) is 73.7 Å². The summed E-state index contributed by atoms with van der Waals surface area (Å²) in [4.78, 5) is 28.3. The zero-order chi connectivity index (χ0) is 19.7. The largest absolute Gasteiger partial charge is 0.340 e. The van der Waals surface area contributed by atoms with Crippen LogP contribution in [0, 0.1) is 6.92 Å². The van der Waals surface area contributed by atoms with Gasteiger partial charge < -0.3 is 9.80 Å². The summed E-state index contributed by atoms with van der Waals surface area (Å²) in [6.07, 6.45) is 8.89. The van der Waals surface area contributed by atoms with Gasteiger partial charge >= 0.3 is 0 Å². The zero-order valence-electron chi connectivity index (χ0n) is 16.6. The van der Waals surface area contributed by atoms with Crippen molar-refractivity contribution in [3.63, 3.8) is 0 Å². The number of aromatic nitrogens is 2. The Morgan fingerprint density at radius 2 is 2.14 bits per heavy atom. The second-order valence-electron chi connectivity index (χ2n) is 7.39. The van der Waals surface area contributed by atoms with E-state index in [0.29, 0.717) is 12.0 Å². The number of thiophene rings is 1. The number of nitrogens with zero attached hydrogens (tertiary/aromatic N) is 5. The lowest BCUT2D eigenvalue weighted by Gasteiger charge is -2.43. The first kappa shape index (κ1) is 18.9. The molecule has 0 saturated heterocycles. The third kappa shape index (κ3) is 3.48. The van der Waals surface area contributed by atoms with Crippen molar-refractivity contribution in [3.05, 3.63) is 28.1 Å². The van der Waals surface area contributed by atoms with Crippen LogP contribution >= 0.6 is 11.3 Å². The predicted molar refractivity (Wildman–Crippen MR) is 115 cm³/mol. The summed E-state index contributed by atoms with van der Waals surface area (Å²) in [7, 11) is 1.81. The van der Waals surface area contributed by atoms with Crippen LogP contribution in [0.2, 0.25) is 0 Å². The molecule has 28 heavy (non-hydrogen) atoms. The molecule has 1 unspecified atom stereocenters. The van der Waals surface area contributed by atoms with E-state index in [0.717, 1.165) is 35.6 Å². The van der Waals surface area contributed by atoms with Crippen molar-refractivity contribution in [1.29, 1.82) is 0 Å². The van der Waals surface area contributed by atoms with Gasteiger partial charge in [0.25, 0.3) is 0 Å². The maximum absolute atomic E-state index is 12.9. The molecule has 1 fully saturated rings. The molecule has 2 aromatic rings. The molecule has 0 spiro atoms. The van der Waals surface area contributed by atoms with E-state index < -0.39 is 0 Å². The first-order valence-electron chi connectivity index (χ1n) is 9.87. The van der Waals surface area contributed by atoms with Gasteiger partial charge in [0.15, 0.2) is 5.82 Å². The van der Waals surface area contributed by atoms with Crippen LogP contribution in [0.25, 0.3) is 0 Å². The van der Waals surface area contributed by atoms with Crippen LogP contribution in [-0.4, -0.2) is 41.2 Å². The second-order valence-corrected chi connectivity index (χ2v) is 8.71. The van der Waals surface area contributed by atoms with E-state index in [1.54, 1.807) is 28.6 Å². The number of rotatable bonds is 5. The number of anilines is 3. The summed E-state index contributed by atoms with van der Waals surface area (Å²) < 4.78 is 0. The highest BCUT2D eigenvalue weighted by Crippen LogP contribution is 2.39. The Bertz CT molecular complexity index is 889. The standard InChI is InChI=1S/C20H26N6OS/c1-4-16-19(27)25(3)17-12-21-20(24-22-11-15-10-9-13(2)28-15)23-18(17)26(16)14-7-5-6-8-14/h9-12,14,16H,4-8H2,1-3H3,(H,21,23,24). The van der Waals surface area contributed by atoms with E-state index in [1.165, 1.54) is 17.7 Å². The minimum Gasteiger partial charge on any atom is -0.340 e. The van der Waals surface area contributed by atoms with Crippen LogP contribution in [0.1, 0.15) is 48.8 Å². The number of nitrogens with one attached hydrogen (secondary N) is 1. The molecule has 0 aromatic carbocycles. The Labute approximate surface area is 169 Å². The SMILES string of the molecule is CCC1C(=O)N(C)c2cnc(NN=Cc3ccc(C)s3)nc2N1C1CCCC1. The molecule has 3 heterocycles. The number of amides is 1. The molecule has 1 N–H and O–H groups in total. The van der Waals surface area contributed by atoms with Gasteiger partial charge in [0.05, 0.1) is 12.4 Å². The van der Waals surface area contributed by atoms with Crippen molar-refractivity contribution < 1.29 is 4.79 Å². The van der Waals surface area contributed by atoms with E-state index in [2.05, 4.69) is 40.3 Å². The van der Waals surface area contributed by atoms with Gasteiger partial charge in [-0.25, -0.2) is 10.4 Å². The van der Waals surface area contributed by atoms with Gasteiger partial charge in [0, 0.05) is 22.8 Å². The quantitative estimate of drug-likeness (QED) is 0.613. The van der Waals surface area contributed by atoms with Gasteiger partial charge in [0.1, 0.15) is 11.7 Å². The van der Waals surface area contributed by atoms with E-state index in [4.69, 9.17) is 4.98 Å². The van der Waals surface area contributed by atoms with Crippen LogP contribution < -0.4 is 15.2 Å². The molecule has 1 aliphatic heterocycles. The molecular weight excluding hydrogens is 372 g/mol. The molecule has 2 aliphatic rings. The first-order valence-corrected chi connectivity index (χ1v) is 10.7. The lowest BCUT2D eigenvalue weighted by molar-refractivity contribution is -0.120. The smallest absolute Gasteiger partial charge is 0.249 e. The Morgan fingerprint density at radius 1 is 1.36 bits per heavy atom. The fourth-order valence-electron chi connectivity index (χ4n) is 4.11. The number of likely N-dealkylation sites (N-methyl/N-ethyl adjacent to an activating group) is 1. The van der Waals surface area contributed by atoms with Crippen molar-refractivity contribution in [1.82, 2.24) is 9.97 Å². The average Bonchev–Trinajstić information content (AvgIpc) is 3.36. The number of hydrazone groups is 1. The monoisotopic (exact) mass is 398 g/mol. The fraction of sp³-hybridized carbons (Fsp3) is 0.500. The van der Waals surface area contributed by atoms with Gasteiger partial charge in [0.2, 0.25) is 11.9 Å². The normalized spacial score (nSPS) is 20.2. The van der Waals surface area contributed by atoms with Crippen molar-refractivity contribution in [2.45, 2.75) is 58.0 Å². The van der Waals surface area contributed by atoms with Crippen molar-refractivity contribution in [2.75, 3.05) is 22.3 Å². The van der Waals surface area contributed by atoms with Gasteiger partial charge in [-0.15, -0.1) is 11.3 Å². The fourth-order valence-corrected chi connectivity index (χ4v) is 4.86. The van der Waals surface area contributed by atoms with Crippen molar-refractivity contribution >= 4 is 40.9 Å². The molecule has 8 heteroatoms. The van der Waals surface area contributed by atoms with Crippen LogP contribution in [0.5, 0.6) is 0 Å². The maximum atomic E-state index is 12.9. The van der Waals surface area contributed by atoms with Gasteiger partial charge in [-0.3, -0.25) is 4.79 Å². The van der Waals surface area contributed by atoms with Crippen LogP contribution in [-0.2, 0) is 4.79 Å². The summed E-state index contributed by atoms with van der Waals surface area (Å²) >= 11 is 1.68. The summed E-state index contributed by atoms with van der Waals surface area (Å²) in [5, 5.41) is 4.28. The highest BCUT2D eigenvalue weighted by Gasteiger charge is 2.41. The number of carbonyl (C=O) groups excluding carboxylic acids is 1. The lowest BCUT2D eigenvalue weighted by atomic mass is 10.0. The lowest BCUT2D eigenvalue weighted by Crippen LogP contribution is -2.55. The van der Waals surface area contributed by atoms with Crippen molar-refractivity contribution in [2.24, 2.45) is 5.10 Å². The van der Waals surface area contributed by atoms with Gasteiger partial charge in [-0.1, -0.05) is 19.8 Å². The third-order valence-electron chi connectivity index (χ3n) is 5.53. The van der Waals surface area contributed by atoms with Gasteiger partial charge in [-0.05, 0) is 38.3 Å². The Morgan fingerprint density at radius 3 is 2.82 bits per heavy atom. The second kappa shape index (κ2) is 7.87. The van der Waals surface area contributed by atoms with Crippen LogP contribution in [0.3, 0.4) is 0 Å². The summed E-state index contributed by atoms with van der Waals surface area (Å²) in [6, 6.07) is 4.30. The Balaban J connectivity index is 1.63.